The lowest BCUT2D eigenvalue weighted by Gasteiger charge is -2.05. The van der Waals surface area contributed by atoms with E-state index >= 15 is 0 Å². The van der Waals surface area contributed by atoms with Gasteiger partial charge in [0.25, 0.3) is 0 Å². The summed E-state index contributed by atoms with van der Waals surface area (Å²) < 4.78 is 1.73. The quantitative estimate of drug-likeness (QED) is 0.358. The molecule has 138 valence electrons. The topological polar surface area (TPSA) is 43.1 Å². The van der Waals surface area contributed by atoms with Gasteiger partial charge in [0.2, 0.25) is 5.16 Å². The molecular weight excluding hydrogens is 399 g/mol. The molecular formula is C20H18Cl2N4S. The van der Waals surface area contributed by atoms with Crippen LogP contribution in [0.3, 0.4) is 0 Å². The first kappa shape index (κ1) is 19.7. The molecule has 0 amide bonds. The van der Waals surface area contributed by atoms with Gasteiger partial charge in [-0.15, -0.1) is 10.2 Å². The molecule has 0 atom stereocenters. The van der Waals surface area contributed by atoms with Gasteiger partial charge in [-0.3, -0.25) is 0 Å². The van der Waals surface area contributed by atoms with E-state index < -0.39 is 0 Å². The van der Waals surface area contributed by atoms with Gasteiger partial charge in [0.15, 0.2) is 5.82 Å². The van der Waals surface area contributed by atoms with Crippen LogP contribution in [0.2, 0.25) is 10.0 Å². The van der Waals surface area contributed by atoms with Gasteiger partial charge in [-0.2, -0.15) is 9.78 Å². The van der Waals surface area contributed by atoms with Gasteiger partial charge in [-0.25, -0.2) is 0 Å². The largest absolute Gasteiger partial charge is 0.212 e. The first-order valence-corrected chi connectivity index (χ1v) is 10.0. The van der Waals surface area contributed by atoms with Crippen molar-refractivity contribution >= 4 is 47.3 Å². The van der Waals surface area contributed by atoms with Crippen molar-refractivity contribution in [1.29, 1.82) is 0 Å². The minimum Gasteiger partial charge on any atom is -0.192 e. The van der Waals surface area contributed by atoms with Gasteiger partial charge in [0.1, 0.15) is 0 Å². The van der Waals surface area contributed by atoms with Crippen molar-refractivity contribution in [3.05, 3.63) is 81.1 Å². The molecule has 27 heavy (non-hydrogen) atoms. The molecule has 3 rings (SSSR count). The summed E-state index contributed by atoms with van der Waals surface area (Å²) in [4.78, 5) is 0. The smallest absolute Gasteiger partial charge is 0.192 e. The van der Waals surface area contributed by atoms with E-state index in [-0.39, 0.29) is 0 Å². The molecule has 0 bridgehead atoms. The zero-order valence-electron chi connectivity index (χ0n) is 14.9. The van der Waals surface area contributed by atoms with Gasteiger partial charge in [-0.05, 0) is 42.7 Å². The fourth-order valence-corrected chi connectivity index (χ4v) is 3.83. The highest BCUT2D eigenvalue weighted by molar-refractivity contribution is 7.98. The maximum Gasteiger partial charge on any atom is 0.212 e. The Morgan fingerprint density at radius 2 is 1.93 bits per heavy atom. The summed E-state index contributed by atoms with van der Waals surface area (Å²) in [6.45, 7) is 3.89. The highest BCUT2D eigenvalue weighted by Gasteiger charge is 2.10. The van der Waals surface area contributed by atoms with Crippen LogP contribution >= 0.6 is 35.0 Å². The number of allylic oxidation sites excluding steroid dienone is 1. The molecule has 0 aliphatic rings. The minimum atomic E-state index is 0.623. The molecule has 3 aromatic rings. The van der Waals surface area contributed by atoms with Crippen LogP contribution in [0.15, 0.2) is 64.4 Å². The van der Waals surface area contributed by atoms with Gasteiger partial charge in [-0.1, -0.05) is 77.4 Å². The molecule has 0 aliphatic heterocycles. The molecule has 0 spiro atoms. The Morgan fingerprint density at radius 3 is 2.67 bits per heavy atom. The monoisotopic (exact) mass is 416 g/mol. The highest BCUT2D eigenvalue weighted by Crippen LogP contribution is 2.28. The lowest BCUT2D eigenvalue weighted by atomic mass is 10.1. The first-order valence-electron chi connectivity index (χ1n) is 8.29. The summed E-state index contributed by atoms with van der Waals surface area (Å²) in [6, 6.07) is 15.6. The number of benzene rings is 2. The van der Waals surface area contributed by atoms with E-state index in [1.54, 1.807) is 10.7 Å². The van der Waals surface area contributed by atoms with Crippen LogP contribution in [0, 0.1) is 6.92 Å². The maximum absolute atomic E-state index is 6.24. The number of aryl methyl sites for hydroxylation is 1. The second-order valence-corrected chi connectivity index (χ2v) is 7.70. The molecule has 1 heterocycles. The lowest BCUT2D eigenvalue weighted by Crippen LogP contribution is -1.96. The second kappa shape index (κ2) is 9.22. The zero-order valence-corrected chi connectivity index (χ0v) is 17.3. The number of halogens is 2. The standard InChI is InChI=1S/C20H18Cl2N4S/c1-14(10-16-6-4-3-5-7-16)12-23-26-15(2)24-25-20(26)27-13-17-8-9-18(21)11-19(17)22/h3-12H,13H2,1-2H3/b14-10-,23-12+. The fraction of sp³-hybridized carbons (Fsp3) is 0.150. The molecule has 1 aromatic heterocycles. The molecule has 0 saturated heterocycles. The molecule has 0 fully saturated rings. The summed E-state index contributed by atoms with van der Waals surface area (Å²) >= 11 is 13.7. The van der Waals surface area contributed by atoms with Gasteiger partial charge in [0, 0.05) is 15.8 Å². The molecule has 0 saturated carbocycles. The minimum absolute atomic E-state index is 0.623. The van der Waals surface area contributed by atoms with E-state index in [2.05, 4.69) is 33.5 Å². The number of hydrogen-bond donors (Lipinski definition) is 0. The molecule has 0 unspecified atom stereocenters. The third-order valence-corrected chi connectivity index (χ3v) is 5.27. The van der Waals surface area contributed by atoms with Crippen LogP contribution in [0.25, 0.3) is 6.08 Å². The fourth-order valence-electron chi connectivity index (χ4n) is 2.34. The van der Waals surface area contributed by atoms with Crippen LogP contribution in [0.1, 0.15) is 23.9 Å². The molecule has 0 N–H and O–H groups in total. The summed E-state index contributed by atoms with van der Waals surface area (Å²) in [5, 5.41) is 14.9. The number of aromatic nitrogens is 3. The number of nitrogens with zero attached hydrogens (tertiary/aromatic N) is 4. The van der Waals surface area contributed by atoms with Crippen LogP contribution in [-0.4, -0.2) is 21.1 Å². The molecule has 0 radical (unpaired) electrons. The SMILES string of the molecule is CC(=C/c1ccccc1)/C=N/n1c(C)nnc1SCc1ccc(Cl)cc1Cl. The molecule has 4 nitrogen and oxygen atoms in total. The normalized spacial score (nSPS) is 12.1. The average molecular weight is 417 g/mol. The Balaban J connectivity index is 1.73. The van der Waals surface area contributed by atoms with E-state index in [9.17, 15) is 0 Å². The van der Waals surface area contributed by atoms with Crippen LogP contribution < -0.4 is 0 Å². The second-order valence-electron chi connectivity index (χ2n) is 5.91. The van der Waals surface area contributed by atoms with Crippen molar-refractivity contribution in [3.63, 3.8) is 0 Å². The molecule has 2 aromatic carbocycles. The van der Waals surface area contributed by atoms with E-state index in [1.807, 2.05) is 50.4 Å². The zero-order chi connectivity index (χ0) is 19.2. The summed E-state index contributed by atoms with van der Waals surface area (Å²) in [6.07, 6.45) is 3.88. The van der Waals surface area contributed by atoms with Crippen molar-refractivity contribution in [2.45, 2.75) is 24.8 Å². The highest BCUT2D eigenvalue weighted by atomic mass is 35.5. The maximum atomic E-state index is 6.24. The number of thioether (sulfide) groups is 1. The van der Waals surface area contributed by atoms with E-state index in [1.165, 1.54) is 11.8 Å². The summed E-state index contributed by atoms with van der Waals surface area (Å²) in [7, 11) is 0. The average Bonchev–Trinajstić information content (AvgIpc) is 3.00. The van der Waals surface area contributed by atoms with Gasteiger partial charge in [0.05, 0.1) is 6.21 Å². The Hall–Kier alpha value is -2.08. The third kappa shape index (κ3) is 5.45. The summed E-state index contributed by atoms with van der Waals surface area (Å²) in [5.74, 6) is 1.38. The predicted octanol–water partition coefficient (Wildman–Crippen LogP) is 6.12. The van der Waals surface area contributed by atoms with E-state index in [4.69, 9.17) is 23.2 Å². The third-order valence-electron chi connectivity index (χ3n) is 3.71. The van der Waals surface area contributed by atoms with Crippen molar-refractivity contribution in [2.24, 2.45) is 5.10 Å². The Bertz CT molecular complexity index is 981. The van der Waals surface area contributed by atoms with Crippen molar-refractivity contribution in [1.82, 2.24) is 14.9 Å². The van der Waals surface area contributed by atoms with Crippen LogP contribution in [0.4, 0.5) is 0 Å². The van der Waals surface area contributed by atoms with Crippen LogP contribution in [-0.2, 0) is 5.75 Å². The van der Waals surface area contributed by atoms with E-state index in [0.717, 1.165) is 22.5 Å². The summed E-state index contributed by atoms with van der Waals surface area (Å²) in [5.41, 5.74) is 3.15. The first-order chi connectivity index (χ1) is 13.0. The van der Waals surface area contributed by atoms with Crippen LogP contribution in [0.5, 0.6) is 0 Å². The molecule has 0 aliphatic carbocycles. The van der Waals surface area contributed by atoms with E-state index in [0.29, 0.717) is 21.0 Å². The Kier molecular flexibility index (Phi) is 6.72. The van der Waals surface area contributed by atoms with Crippen molar-refractivity contribution < 1.29 is 0 Å². The predicted molar refractivity (Wildman–Crippen MR) is 115 cm³/mol. The van der Waals surface area contributed by atoms with Crippen molar-refractivity contribution in [2.75, 3.05) is 0 Å². The van der Waals surface area contributed by atoms with Crippen molar-refractivity contribution in [3.8, 4) is 0 Å². The number of hydrogen-bond acceptors (Lipinski definition) is 4. The van der Waals surface area contributed by atoms with Gasteiger partial charge >= 0.3 is 0 Å². The molecule has 7 heteroatoms. The lowest BCUT2D eigenvalue weighted by molar-refractivity contribution is 0.744. The van der Waals surface area contributed by atoms with Gasteiger partial charge < -0.3 is 0 Å². The Morgan fingerprint density at radius 1 is 1.15 bits per heavy atom. The number of rotatable bonds is 6. The Labute approximate surface area is 172 Å².